The maximum Gasteiger partial charge on any atom is 0.287 e. The molecule has 1 unspecified atom stereocenters. The molecular weight excluding hydrogens is 270 g/mol. The van der Waals surface area contributed by atoms with Gasteiger partial charge in [0.2, 0.25) is 5.91 Å². The lowest BCUT2D eigenvalue weighted by Gasteiger charge is -2.10. The SMILES string of the molecule is Cc1ccoc1C(=O)NCCCNC(=O)CC1CCCN1. The molecule has 6 nitrogen and oxygen atoms in total. The Balaban J connectivity index is 1.54. The highest BCUT2D eigenvalue weighted by molar-refractivity contribution is 5.92. The van der Waals surface area contributed by atoms with Crippen LogP contribution in [0.25, 0.3) is 0 Å². The molecule has 2 rings (SSSR count). The summed E-state index contributed by atoms with van der Waals surface area (Å²) < 4.78 is 5.11. The fourth-order valence-corrected chi connectivity index (χ4v) is 2.43. The number of aryl methyl sites for hydroxylation is 1. The summed E-state index contributed by atoms with van der Waals surface area (Å²) in [4.78, 5) is 23.4. The number of amides is 2. The minimum Gasteiger partial charge on any atom is -0.459 e. The second-order valence-electron chi connectivity index (χ2n) is 5.39. The molecular formula is C15H23N3O3. The van der Waals surface area contributed by atoms with Crippen LogP contribution in [0.4, 0.5) is 0 Å². The van der Waals surface area contributed by atoms with E-state index in [1.165, 1.54) is 6.26 Å². The van der Waals surface area contributed by atoms with Crippen molar-refractivity contribution in [2.75, 3.05) is 19.6 Å². The number of nitrogens with one attached hydrogen (secondary N) is 3. The van der Waals surface area contributed by atoms with Crippen LogP contribution in [0, 0.1) is 6.92 Å². The zero-order valence-electron chi connectivity index (χ0n) is 12.4. The minimum atomic E-state index is -0.209. The first-order valence-electron chi connectivity index (χ1n) is 7.49. The van der Waals surface area contributed by atoms with E-state index in [0.29, 0.717) is 37.7 Å². The van der Waals surface area contributed by atoms with E-state index in [1.807, 2.05) is 6.92 Å². The fourth-order valence-electron chi connectivity index (χ4n) is 2.43. The van der Waals surface area contributed by atoms with E-state index < -0.39 is 0 Å². The van der Waals surface area contributed by atoms with Crippen LogP contribution >= 0.6 is 0 Å². The minimum absolute atomic E-state index is 0.0719. The monoisotopic (exact) mass is 293 g/mol. The topological polar surface area (TPSA) is 83.4 Å². The standard InChI is InChI=1S/C15H23N3O3/c1-11-5-9-21-14(11)15(20)18-8-3-7-17-13(19)10-12-4-2-6-16-12/h5,9,12,16H,2-4,6-8,10H2,1H3,(H,17,19)(H,18,20). The van der Waals surface area contributed by atoms with Gasteiger partial charge in [0.1, 0.15) is 0 Å². The normalized spacial score (nSPS) is 17.7. The zero-order chi connectivity index (χ0) is 15.1. The molecule has 1 aliphatic heterocycles. The van der Waals surface area contributed by atoms with E-state index in [0.717, 1.165) is 24.9 Å². The summed E-state index contributed by atoms with van der Waals surface area (Å²) in [6.07, 6.45) is 4.97. The molecule has 0 radical (unpaired) electrons. The van der Waals surface area contributed by atoms with Gasteiger partial charge in [-0.05, 0) is 38.8 Å². The van der Waals surface area contributed by atoms with E-state index in [9.17, 15) is 9.59 Å². The molecule has 3 N–H and O–H groups in total. The molecule has 0 aliphatic carbocycles. The van der Waals surface area contributed by atoms with E-state index >= 15 is 0 Å². The summed E-state index contributed by atoms with van der Waals surface area (Å²) in [5.74, 6) is 0.216. The first kappa shape index (κ1) is 15.6. The van der Waals surface area contributed by atoms with Crippen molar-refractivity contribution in [2.24, 2.45) is 0 Å². The number of carbonyl (C=O) groups excluding carboxylic acids is 2. The van der Waals surface area contributed by atoms with Gasteiger partial charge in [-0.15, -0.1) is 0 Å². The third-order valence-electron chi connectivity index (χ3n) is 3.62. The first-order chi connectivity index (χ1) is 10.2. The molecule has 6 heteroatoms. The van der Waals surface area contributed by atoms with Crippen LogP contribution in [0.3, 0.4) is 0 Å². The van der Waals surface area contributed by atoms with Crippen molar-refractivity contribution < 1.29 is 14.0 Å². The number of hydrogen-bond donors (Lipinski definition) is 3. The molecule has 1 atom stereocenters. The Morgan fingerprint density at radius 2 is 2.19 bits per heavy atom. The van der Waals surface area contributed by atoms with E-state index in [-0.39, 0.29) is 11.8 Å². The number of rotatable bonds is 7. The maximum absolute atomic E-state index is 11.8. The van der Waals surface area contributed by atoms with Gasteiger partial charge in [-0.3, -0.25) is 9.59 Å². The summed E-state index contributed by atoms with van der Waals surface area (Å²) in [7, 11) is 0. The van der Waals surface area contributed by atoms with E-state index in [1.54, 1.807) is 6.07 Å². The van der Waals surface area contributed by atoms with Gasteiger partial charge in [0.25, 0.3) is 5.91 Å². The molecule has 1 aromatic rings. The van der Waals surface area contributed by atoms with Gasteiger partial charge in [-0.1, -0.05) is 0 Å². The Morgan fingerprint density at radius 1 is 1.38 bits per heavy atom. The Hall–Kier alpha value is -1.82. The van der Waals surface area contributed by atoms with Crippen LogP contribution in [-0.2, 0) is 4.79 Å². The van der Waals surface area contributed by atoms with Gasteiger partial charge in [0, 0.05) is 31.1 Å². The highest BCUT2D eigenvalue weighted by Crippen LogP contribution is 2.08. The lowest BCUT2D eigenvalue weighted by atomic mass is 10.1. The van der Waals surface area contributed by atoms with Crippen LogP contribution in [0.15, 0.2) is 16.7 Å². The van der Waals surface area contributed by atoms with Crippen molar-refractivity contribution in [3.63, 3.8) is 0 Å². The molecule has 1 aromatic heterocycles. The molecule has 2 heterocycles. The highest BCUT2D eigenvalue weighted by Gasteiger charge is 2.17. The molecule has 2 amide bonds. The molecule has 0 spiro atoms. The second kappa shape index (κ2) is 7.83. The molecule has 116 valence electrons. The molecule has 1 fully saturated rings. The molecule has 0 aromatic carbocycles. The van der Waals surface area contributed by atoms with Crippen molar-refractivity contribution >= 4 is 11.8 Å². The predicted octanol–water partition coefficient (Wildman–Crippen LogP) is 0.966. The lowest BCUT2D eigenvalue weighted by Crippen LogP contribution is -2.33. The largest absolute Gasteiger partial charge is 0.459 e. The van der Waals surface area contributed by atoms with Crippen molar-refractivity contribution in [1.29, 1.82) is 0 Å². The maximum atomic E-state index is 11.8. The fraction of sp³-hybridized carbons (Fsp3) is 0.600. The summed E-state index contributed by atoms with van der Waals surface area (Å²) >= 11 is 0. The van der Waals surface area contributed by atoms with Crippen LogP contribution in [-0.4, -0.2) is 37.5 Å². The smallest absolute Gasteiger partial charge is 0.287 e. The quantitative estimate of drug-likeness (QED) is 0.654. The summed E-state index contributed by atoms with van der Waals surface area (Å²) in [5, 5.41) is 8.95. The van der Waals surface area contributed by atoms with Crippen molar-refractivity contribution in [1.82, 2.24) is 16.0 Å². The third kappa shape index (κ3) is 4.90. The summed E-state index contributed by atoms with van der Waals surface area (Å²) in [6.45, 7) is 3.93. The van der Waals surface area contributed by atoms with Crippen LogP contribution in [0.1, 0.15) is 41.8 Å². The first-order valence-corrected chi connectivity index (χ1v) is 7.49. The molecule has 1 aliphatic rings. The third-order valence-corrected chi connectivity index (χ3v) is 3.62. The number of carbonyl (C=O) groups is 2. The van der Waals surface area contributed by atoms with Gasteiger partial charge in [0.05, 0.1) is 6.26 Å². The Labute approximate surface area is 124 Å². The van der Waals surface area contributed by atoms with Gasteiger partial charge >= 0.3 is 0 Å². The lowest BCUT2D eigenvalue weighted by molar-refractivity contribution is -0.121. The van der Waals surface area contributed by atoms with Crippen molar-refractivity contribution in [2.45, 2.75) is 38.6 Å². The van der Waals surface area contributed by atoms with Crippen LogP contribution in [0.5, 0.6) is 0 Å². The van der Waals surface area contributed by atoms with E-state index in [2.05, 4.69) is 16.0 Å². The zero-order valence-corrected chi connectivity index (χ0v) is 12.4. The van der Waals surface area contributed by atoms with Gasteiger partial charge in [-0.2, -0.15) is 0 Å². The van der Waals surface area contributed by atoms with Gasteiger partial charge < -0.3 is 20.4 Å². The number of furan rings is 1. The number of hydrogen-bond acceptors (Lipinski definition) is 4. The molecule has 21 heavy (non-hydrogen) atoms. The van der Waals surface area contributed by atoms with Gasteiger partial charge in [0.15, 0.2) is 5.76 Å². The average molecular weight is 293 g/mol. The molecule has 1 saturated heterocycles. The Bertz CT molecular complexity index is 478. The van der Waals surface area contributed by atoms with Gasteiger partial charge in [-0.25, -0.2) is 0 Å². The Morgan fingerprint density at radius 3 is 2.86 bits per heavy atom. The second-order valence-corrected chi connectivity index (χ2v) is 5.39. The van der Waals surface area contributed by atoms with Crippen molar-refractivity contribution in [3.05, 3.63) is 23.7 Å². The highest BCUT2D eigenvalue weighted by atomic mass is 16.3. The summed E-state index contributed by atoms with van der Waals surface area (Å²) in [5.41, 5.74) is 0.824. The predicted molar refractivity (Wildman–Crippen MR) is 79.0 cm³/mol. The summed E-state index contributed by atoms with van der Waals surface area (Å²) in [6, 6.07) is 2.08. The molecule has 0 saturated carbocycles. The van der Waals surface area contributed by atoms with Crippen molar-refractivity contribution in [3.8, 4) is 0 Å². The average Bonchev–Trinajstić information content (AvgIpc) is 3.09. The van der Waals surface area contributed by atoms with E-state index in [4.69, 9.17) is 4.42 Å². The van der Waals surface area contributed by atoms with Crippen LogP contribution < -0.4 is 16.0 Å². The Kier molecular flexibility index (Phi) is 5.80. The van der Waals surface area contributed by atoms with Crippen LogP contribution in [0.2, 0.25) is 0 Å². The molecule has 0 bridgehead atoms.